The van der Waals surface area contributed by atoms with E-state index < -0.39 is 12.7 Å². The fourth-order valence-electron chi connectivity index (χ4n) is 1.19. The highest BCUT2D eigenvalue weighted by atomic mass is 19.4. The lowest BCUT2D eigenvalue weighted by Crippen LogP contribution is -2.21. The number of nitrogens with one attached hydrogen (secondary N) is 1. The second-order valence-corrected chi connectivity index (χ2v) is 3.21. The summed E-state index contributed by atoms with van der Waals surface area (Å²) < 4.78 is 40.8. The molecule has 1 aromatic heterocycles. The third-order valence-electron chi connectivity index (χ3n) is 1.85. The van der Waals surface area contributed by atoms with E-state index in [0.717, 1.165) is 0 Å². The molecule has 0 radical (unpaired) electrons. The fourth-order valence-corrected chi connectivity index (χ4v) is 1.19. The first kappa shape index (κ1) is 10.6. The first-order chi connectivity index (χ1) is 7.44. The average Bonchev–Trinajstić information content (AvgIpc) is 2.55. The quantitative estimate of drug-likeness (QED) is 0.779. The summed E-state index contributed by atoms with van der Waals surface area (Å²) >= 11 is 0. The van der Waals surface area contributed by atoms with Gasteiger partial charge in [0.15, 0.2) is 5.58 Å². The lowest BCUT2D eigenvalue weighted by atomic mass is 10.3. The second kappa shape index (κ2) is 3.58. The molecule has 0 saturated carbocycles. The van der Waals surface area contributed by atoms with E-state index in [-0.39, 0.29) is 6.01 Å². The Bertz CT molecular complexity index is 506. The first-order valence-electron chi connectivity index (χ1n) is 4.41. The van der Waals surface area contributed by atoms with Gasteiger partial charge in [-0.15, -0.1) is 0 Å². The molecule has 4 nitrogen and oxygen atoms in total. The van der Waals surface area contributed by atoms with Crippen molar-refractivity contribution in [1.82, 2.24) is 4.98 Å². The van der Waals surface area contributed by atoms with Crippen LogP contribution < -0.4 is 11.1 Å². The molecule has 0 saturated heterocycles. The van der Waals surface area contributed by atoms with E-state index in [9.17, 15) is 13.2 Å². The van der Waals surface area contributed by atoms with E-state index in [1.165, 1.54) is 6.07 Å². The summed E-state index contributed by atoms with van der Waals surface area (Å²) in [7, 11) is 0. The number of nitrogen functional groups attached to an aromatic ring is 1. The molecular weight excluding hydrogens is 223 g/mol. The van der Waals surface area contributed by atoms with Crippen molar-refractivity contribution in [2.24, 2.45) is 0 Å². The molecule has 0 unspecified atom stereocenters. The molecule has 0 aliphatic carbocycles. The summed E-state index contributed by atoms with van der Waals surface area (Å²) in [5, 5.41) is 2.05. The van der Waals surface area contributed by atoms with Crippen LogP contribution in [0, 0.1) is 0 Å². The monoisotopic (exact) mass is 231 g/mol. The van der Waals surface area contributed by atoms with Crippen LogP contribution in [-0.2, 0) is 0 Å². The third-order valence-corrected chi connectivity index (χ3v) is 1.85. The SMILES string of the molecule is Nc1ccc2nc(NCC(F)(F)F)oc2c1. The van der Waals surface area contributed by atoms with E-state index in [2.05, 4.69) is 4.98 Å². The van der Waals surface area contributed by atoms with Crippen LogP contribution in [0.2, 0.25) is 0 Å². The minimum Gasteiger partial charge on any atom is -0.423 e. The fraction of sp³-hybridized carbons (Fsp3) is 0.222. The Kier molecular flexibility index (Phi) is 2.37. The van der Waals surface area contributed by atoms with Crippen molar-refractivity contribution in [3.05, 3.63) is 18.2 Å². The number of oxazole rings is 1. The molecule has 3 N–H and O–H groups in total. The van der Waals surface area contributed by atoms with E-state index in [1.807, 2.05) is 5.32 Å². The lowest BCUT2D eigenvalue weighted by molar-refractivity contribution is -0.115. The summed E-state index contributed by atoms with van der Waals surface area (Å²) in [6.45, 7) is -1.19. The number of hydrogen-bond acceptors (Lipinski definition) is 4. The van der Waals surface area contributed by atoms with Gasteiger partial charge in [-0.05, 0) is 12.1 Å². The number of rotatable bonds is 2. The van der Waals surface area contributed by atoms with Gasteiger partial charge in [0.2, 0.25) is 0 Å². The van der Waals surface area contributed by atoms with Gasteiger partial charge in [-0.1, -0.05) is 0 Å². The molecule has 2 aromatic rings. The largest absolute Gasteiger partial charge is 0.423 e. The number of nitrogens with zero attached hydrogens (tertiary/aromatic N) is 1. The maximum absolute atomic E-state index is 11.9. The van der Waals surface area contributed by atoms with Crippen LogP contribution in [0.1, 0.15) is 0 Å². The molecule has 7 heteroatoms. The van der Waals surface area contributed by atoms with Crippen LogP contribution in [-0.4, -0.2) is 17.7 Å². The highest BCUT2D eigenvalue weighted by molar-refractivity contribution is 5.78. The van der Waals surface area contributed by atoms with E-state index in [1.54, 1.807) is 12.1 Å². The van der Waals surface area contributed by atoms with Crippen LogP contribution in [0.3, 0.4) is 0 Å². The zero-order chi connectivity index (χ0) is 11.8. The zero-order valence-electron chi connectivity index (χ0n) is 8.01. The third kappa shape index (κ3) is 2.36. The second-order valence-electron chi connectivity index (χ2n) is 3.21. The summed E-state index contributed by atoms with van der Waals surface area (Å²) in [6, 6.07) is 4.50. The molecule has 1 heterocycles. The van der Waals surface area contributed by atoms with Gasteiger partial charge in [0.1, 0.15) is 12.1 Å². The standard InChI is InChI=1S/C9H8F3N3O/c10-9(11,12)4-14-8-15-6-2-1-5(13)3-7(6)16-8/h1-3H,4,13H2,(H,14,15). The van der Waals surface area contributed by atoms with Crippen molar-refractivity contribution in [2.45, 2.75) is 6.18 Å². The van der Waals surface area contributed by atoms with Crippen molar-refractivity contribution in [1.29, 1.82) is 0 Å². The van der Waals surface area contributed by atoms with Gasteiger partial charge in [-0.2, -0.15) is 18.2 Å². The number of hydrogen-bond donors (Lipinski definition) is 2. The molecule has 0 aliphatic heterocycles. The Morgan fingerprint density at radius 1 is 1.38 bits per heavy atom. The Morgan fingerprint density at radius 3 is 2.81 bits per heavy atom. The van der Waals surface area contributed by atoms with Crippen molar-refractivity contribution in [3.8, 4) is 0 Å². The number of nitrogens with two attached hydrogens (primary N) is 1. The molecular formula is C9H8F3N3O. The number of anilines is 2. The number of benzene rings is 1. The Labute approximate surface area is 88.2 Å². The van der Waals surface area contributed by atoms with Crippen molar-refractivity contribution >= 4 is 22.8 Å². The maximum Gasteiger partial charge on any atom is 0.405 e. The molecule has 1 aromatic carbocycles. The molecule has 16 heavy (non-hydrogen) atoms. The maximum atomic E-state index is 11.9. The van der Waals surface area contributed by atoms with Gasteiger partial charge in [0.25, 0.3) is 6.01 Å². The Morgan fingerprint density at radius 2 is 2.12 bits per heavy atom. The number of aromatic nitrogens is 1. The van der Waals surface area contributed by atoms with E-state index >= 15 is 0 Å². The molecule has 0 aliphatic rings. The van der Waals surface area contributed by atoms with Gasteiger partial charge in [-0.3, -0.25) is 0 Å². The summed E-state index contributed by atoms with van der Waals surface area (Å²) in [5.74, 6) is 0. The molecule has 0 spiro atoms. The van der Waals surface area contributed by atoms with Gasteiger partial charge >= 0.3 is 6.18 Å². The predicted molar refractivity (Wildman–Crippen MR) is 53.0 cm³/mol. The smallest absolute Gasteiger partial charge is 0.405 e. The molecule has 0 bridgehead atoms. The summed E-state index contributed by atoms with van der Waals surface area (Å²) in [6.07, 6.45) is -4.31. The summed E-state index contributed by atoms with van der Waals surface area (Å²) in [4.78, 5) is 3.82. The minimum absolute atomic E-state index is 0.169. The van der Waals surface area contributed by atoms with Crippen molar-refractivity contribution in [3.63, 3.8) is 0 Å². The normalized spacial score (nSPS) is 11.9. The number of alkyl halides is 3. The average molecular weight is 231 g/mol. The molecule has 86 valence electrons. The predicted octanol–water partition coefficient (Wildman–Crippen LogP) is 2.38. The van der Waals surface area contributed by atoms with Gasteiger partial charge < -0.3 is 15.5 Å². The van der Waals surface area contributed by atoms with Crippen LogP contribution in [0.25, 0.3) is 11.1 Å². The van der Waals surface area contributed by atoms with Crippen LogP contribution in [0.4, 0.5) is 24.9 Å². The lowest BCUT2D eigenvalue weighted by Gasteiger charge is -2.04. The first-order valence-corrected chi connectivity index (χ1v) is 4.41. The highest BCUT2D eigenvalue weighted by Gasteiger charge is 2.27. The topological polar surface area (TPSA) is 64.1 Å². The van der Waals surface area contributed by atoms with Gasteiger partial charge in [-0.25, -0.2) is 0 Å². The van der Waals surface area contributed by atoms with Gasteiger partial charge in [0, 0.05) is 11.8 Å². The summed E-state index contributed by atoms with van der Waals surface area (Å²) in [5.41, 5.74) is 6.76. The number of halogens is 3. The van der Waals surface area contributed by atoms with Crippen LogP contribution >= 0.6 is 0 Å². The molecule has 0 fully saturated rings. The molecule has 2 rings (SSSR count). The van der Waals surface area contributed by atoms with Crippen LogP contribution in [0.5, 0.6) is 0 Å². The Balaban J connectivity index is 2.20. The van der Waals surface area contributed by atoms with Gasteiger partial charge in [0.05, 0.1) is 0 Å². The van der Waals surface area contributed by atoms with E-state index in [0.29, 0.717) is 16.8 Å². The molecule has 0 amide bonds. The molecule has 0 atom stereocenters. The van der Waals surface area contributed by atoms with Crippen molar-refractivity contribution in [2.75, 3.05) is 17.6 Å². The van der Waals surface area contributed by atoms with Crippen molar-refractivity contribution < 1.29 is 17.6 Å². The van der Waals surface area contributed by atoms with Crippen LogP contribution in [0.15, 0.2) is 22.6 Å². The zero-order valence-corrected chi connectivity index (χ0v) is 8.01. The Hall–Kier alpha value is -1.92. The minimum atomic E-state index is -4.31. The highest BCUT2D eigenvalue weighted by Crippen LogP contribution is 2.22. The number of fused-ring (bicyclic) bond motifs is 1. The van der Waals surface area contributed by atoms with E-state index in [4.69, 9.17) is 10.2 Å².